The molecule has 3 rings (SSSR count). The topological polar surface area (TPSA) is 104 Å². The van der Waals surface area contributed by atoms with E-state index in [2.05, 4.69) is 39.0 Å². The van der Waals surface area contributed by atoms with Crippen LogP contribution in [-0.4, -0.2) is 61.7 Å². The molecule has 9 nitrogen and oxygen atoms in total. The Bertz CT molecular complexity index is 899. The van der Waals surface area contributed by atoms with Crippen molar-refractivity contribution in [1.29, 1.82) is 0 Å². The Labute approximate surface area is 189 Å². The number of nitro benzene ring substituents is 1. The van der Waals surface area contributed by atoms with E-state index in [0.717, 1.165) is 45.4 Å². The van der Waals surface area contributed by atoms with Crippen LogP contribution in [0, 0.1) is 10.1 Å². The van der Waals surface area contributed by atoms with E-state index in [1.54, 1.807) is 18.2 Å². The smallest absolute Gasteiger partial charge is 0.292 e. The van der Waals surface area contributed by atoms with Crippen LogP contribution in [0.1, 0.15) is 18.1 Å². The molecule has 0 amide bonds. The quantitative estimate of drug-likeness (QED) is 0.171. The summed E-state index contributed by atoms with van der Waals surface area (Å²) in [5.41, 5.74) is 3.07. The first kappa shape index (κ1) is 23.5. The van der Waals surface area contributed by atoms with E-state index in [1.165, 1.54) is 17.2 Å². The lowest BCUT2D eigenvalue weighted by Gasteiger charge is -2.27. The molecule has 0 aromatic heterocycles. The van der Waals surface area contributed by atoms with Crippen LogP contribution < -0.4 is 16.0 Å². The molecule has 172 valence electrons. The molecule has 32 heavy (non-hydrogen) atoms. The highest BCUT2D eigenvalue weighted by atomic mass is 16.6. The predicted octanol–water partition coefficient (Wildman–Crippen LogP) is 2.59. The van der Waals surface area contributed by atoms with Gasteiger partial charge in [-0.15, -0.1) is 0 Å². The number of guanidine groups is 1. The van der Waals surface area contributed by atoms with Gasteiger partial charge in [0.25, 0.3) is 5.69 Å². The summed E-state index contributed by atoms with van der Waals surface area (Å²) in [6.45, 7) is 8.84. The zero-order chi connectivity index (χ0) is 22.6. The minimum atomic E-state index is -0.379. The third-order valence-corrected chi connectivity index (χ3v) is 5.20. The van der Waals surface area contributed by atoms with Gasteiger partial charge in [-0.3, -0.25) is 15.0 Å². The van der Waals surface area contributed by atoms with Crippen LogP contribution in [0.15, 0.2) is 53.5 Å². The first-order valence-electron chi connectivity index (χ1n) is 11.0. The van der Waals surface area contributed by atoms with E-state index in [0.29, 0.717) is 25.3 Å². The molecule has 9 heteroatoms. The number of ether oxygens (including phenoxy) is 1. The largest absolute Gasteiger partial charge is 0.379 e. The molecule has 2 aromatic rings. The van der Waals surface area contributed by atoms with Crippen molar-refractivity contribution in [3.8, 4) is 0 Å². The minimum Gasteiger partial charge on any atom is -0.379 e. The number of hydrogen-bond acceptors (Lipinski definition) is 6. The van der Waals surface area contributed by atoms with Crippen molar-refractivity contribution in [2.75, 3.05) is 51.3 Å². The number of nitrogens with zero attached hydrogens (tertiary/aromatic N) is 3. The summed E-state index contributed by atoms with van der Waals surface area (Å²) in [6.07, 6.45) is 0. The Balaban J connectivity index is 1.54. The van der Waals surface area contributed by atoms with Crippen molar-refractivity contribution in [3.05, 3.63) is 69.8 Å². The standard InChI is InChI=1S/C23H32N6O3/c1-2-24-23(26-12-11-25-21-9-5-6-10-22(21)29(30)31)27-17-19-7-3-4-8-20(19)18-28-13-15-32-16-14-28/h3-10,25H,2,11-18H2,1H3,(H2,24,26,27). The van der Waals surface area contributed by atoms with Gasteiger partial charge < -0.3 is 20.7 Å². The van der Waals surface area contributed by atoms with Crippen molar-refractivity contribution >= 4 is 17.3 Å². The first-order chi connectivity index (χ1) is 15.7. The normalized spacial score (nSPS) is 14.7. The summed E-state index contributed by atoms with van der Waals surface area (Å²) in [5.74, 6) is 0.720. The average Bonchev–Trinajstić information content (AvgIpc) is 2.82. The van der Waals surface area contributed by atoms with Crippen molar-refractivity contribution < 1.29 is 9.66 Å². The maximum Gasteiger partial charge on any atom is 0.292 e. The summed E-state index contributed by atoms with van der Waals surface area (Å²) in [6, 6.07) is 15.1. The number of para-hydroxylation sites is 2. The molecule has 1 aliphatic rings. The molecule has 0 atom stereocenters. The van der Waals surface area contributed by atoms with Gasteiger partial charge in [-0.05, 0) is 24.1 Å². The second-order valence-corrected chi connectivity index (χ2v) is 7.48. The van der Waals surface area contributed by atoms with Gasteiger partial charge in [0.2, 0.25) is 0 Å². The molecule has 0 spiro atoms. The Morgan fingerprint density at radius 1 is 1.06 bits per heavy atom. The third-order valence-electron chi connectivity index (χ3n) is 5.20. The van der Waals surface area contributed by atoms with Crippen molar-refractivity contribution in [3.63, 3.8) is 0 Å². The molecule has 2 aromatic carbocycles. The molecule has 1 heterocycles. The number of morpholine rings is 1. The monoisotopic (exact) mass is 440 g/mol. The summed E-state index contributed by atoms with van der Waals surface area (Å²) < 4.78 is 5.45. The van der Waals surface area contributed by atoms with Crippen LogP contribution >= 0.6 is 0 Å². The Morgan fingerprint density at radius 3 is 2.53 bits per heavy atom. The Morgan fingerprint density at radius 2 is 1.78 bits per heavy atom. The number of rotatable bonds is 10. The van der Waals surface area contributed by atoms with E-state index < -0.39 is 0 Å². The number of aliphatic imine (C=N–C) groups is 1. The molecular formula is C23H32N6O3. The fourth-order valence-corrected chi connectivity index (χ4v) is 3.53. The van der Waals surface area contributed by atoms with Crippen LogP contribution in [0.4, 0.5) is 11.4 Å². The van der Waals surface area contributed by atoms with Crippen LogP contribution in [-0.2, 0) is 17.8 Å². The molecule has 1 fully saturated rings. The summed E-state index contributed by atoms with van der Waals surface area (Å²) in [7, 11) is 0. The molecule has 1 aliphatic heterocycles. The van der Waals surface area contributed by atoms with E-state index in [1.807, 2.05) is 13.0 Å². The van der Waals surface area contributed by atoms with E-state index in [9.17, 15) is 10.1 Å². The number of anilines is 1. The lowest BCUT2D eigenvalue weighted by molar-refractivity contribution is -0.384. The second kappa shape index (κ2) is 12.6. The lowest BCUT2D eigenvalue weighted by atomic mass is 10.1. The van der Waals surface area contributed by atoms with E-state index in [-0.39, 0.29) is 10.6 Å². The molecule has 0 unspecified atom stereocenters. The minimum absolute atomic E-state index is 0.0740. The molecule has 0 bridgehead atoms. The SMILES string of the molecule is CCNC(=NCc1ccccc1CN1CCOCC1)NCCNc1ccccc1[N+](=O)[O-]. The molecule has 0 aliphatic carbocycles. The van der Waals surface area contributed by atoms with Gasteiger partial charge in [0.05, 0.1) is 24.7 Å². The summed E-state index contributed by atoms with van der Waals surface area (Å²) in [4.78, 5) is 17.9. The first-order valence-corrected chi connectivity index (χ1v) is 11.0. The summed E-state index contributed by atoms with van der Waals surface area (Å²) in [5, 5.41) is 20.8. The van der Waals surface area contributed by atoms with Gasteiger partial charge in [-0.25, -0.2) is 4.99 Å². The molecule has 0 saturated carbocycles. The maximum absolute atomic E-state index is 11.1. The fraction of sp³-hybridized carbons (Fsp3) is 0.435. The zero-order valence-electron chi connectivity index (χ0n) is 18.5. The van der Waals surface area contributed by atoms with Gasteiger partial charge in [0, 0.05) is 45.3 Å². The van der Waals surface area contributed by atoms with E-state index >= 15 is 0 Å². The maximum atomic E-state index is 11.1. The third kappa shape index (κ3) is 7.21. The highest BCUT2D eigenvalue weighted by Crippen LogP contribution is 2.22. The van der Waals surface area contributed by atoms with Crippen LogP contribution in [0.25, 0.3) is 0 Å². The lowest BCUT2D eigenvalue weighted by Crippen LogP contribution is -2.39. The second-order valence-electron chi connectivity index (χ2n) is 7.48. The predicted molar refractivity (Wildman–Crippen MR) is 127 cm³/mol. The number of hydrogen-bond donors (Lipinski definition) is 3. The van der Waals surface area contributed by atoms with Gasteiger partial charge in [-0.2, -0.15) is 0 Å². The van der Waals surface area contributed by atoms with Crippen molar-refractivity contribution in [2.24, 2.45) is 4.99 Å². The number of nitro groups is 1. The van der Waals surface area contributed by atoms with Gasteiger partial charge in [0.15, 0.2) is 5.96 Å². The van der Waals surface area contributed by atoms with Crippen molar-refractivity contribution in [1.82, 2.24) is 15.5 Å². The van der Waals surface area contributed by atoms with Crippen LogP contribution in [0.5, 0.6) is 0 Å². The average molecular weight is 441 g/mol. The molecule has 1 saturated heterocycles. The number of benzene rings is 2. The molecule has 3 N–H and O–H groups in total. The molecular weight excluding hydrogens is 408 g/mol. The van der Waals surface area contributed by atoms with Gasteiger partial charge in [-0.1, -0.05) is 36.4 Å². The van der Waals surface area contributed by atoms with Crippen molar-refractivity contribution in [2.45, 2.75) is 20.0 Å². The molecule has 0 radical (unpaired) electrons. The highest BCUT2D eigenvalue weighted by Gasteiger charge is 2.13. The fourth-order valence-electron chi connectivity index (χ4n) is 3.53. The number of nitrogens with one attached hydrogen (secondary N) is 3. The van der Waals surface area contributed by atoms with Gasteiger partial charge in [0.1, 0.15) is 5.69 Å². The van der Waals surface area contributed by atoms with Crippen LogP contribution in [0.3, 0.4) is 0 Å². The highest BCUT2D eigenvalue weighted by molar-refractivity contribution is 5.79. The van der Waals surface area contributed by atoms with Crippen LogP contribution in [0.2, 0.25) is 0 Å². The summed E-state index contributed by atoms with van der Waals surface area (Å²) >= 11 is 0. The zero-order valence-corrected chi connectivity index (χ0v) is 18.5. The Hall–Kier alpha value is -3.17. The Kier molecular flexibility index (Phi) is 9.27. The van der Waals surface area contributed by atoms with Gasteiger partial charge >= 0.3 is 0 Å². The van der Waals surface area contributed by atoms with E-state index in [4.69, 9.17) is 9.73 Å².